The molecule has 8 heteroatoms. The Balaban J connectivity index is 2.63. The molecule has 0 saturated heterocycles. The molecule has 1 N–H and O–H groups in total. The summed E-state index contributed by atoms with van der Waals surface area (Å²) in [7, 11) is 1.52. The molecule has 0 atom stereocenters. The lowest BCUT2D eigenvalue weighted by molar-refractivity contribution is -0.133. The zero-order valence-corrected chi connectivity index (χ0v) is 12.6. The fraction of sp³-hybridized carbons (Fsp3) is 0.500. The highest BCUT2D eigenvalue weighted by atomic mass is 32.2. The van der Waals surface area contributed by atoms with Gasteiger partial charge in [0.05, 0.1) is 12.9 Å². The molecule has 0 radical (unpaired) electrons. The lowest BCUT2D eigenvalue weighted by Crippen LogP contribution is -2.23. The van der Waals surface area contributed by atoms with E-state index in [9.17, 15) is 4.79 Å². The zero-order chi connectivity index (χ0) is 14.9. The molecule has 0 aromatic carbocycles. The Bertz CT molecular complexity index is 648. The molecule has 20 heavy (non-hydrogen) atoms. The van der Waals surface area contributed by atoms with Crippen LogP contribution in [0.4, 0.5) is 0 Å². The standard InChI is InChI=1S/C12H16N4O3S/c1-12(2,3)16-9-8(10(19-4)14-6-13-9)15-11(16)20-5-7(17)18/h6H,5H2,1-4H3,(H,17,18). The summed E-state index contributed by atoms with van der Waals surface area (Å²) in [5, 5.41) is 9.42. The summed E-state index contributed by atoms with van der Waals surface area (Å²) < 4.78 is 7.08. The predicted octanol–water partition coefficient (Wildman–Crippen LogP) is 1.77. The fourth-order valence-corrected chi connectivity index (χ4v) is 2.73. The van der Waals surface area contributed by atoms with Crippen molar-refractivity contribution < 1.29 is 14.6 Å². The smallest absolute Gasteiger partial charge is 0.313 e. The van der Waals surface area contributed by atoms with E-state index < -0.39 is 5.97 Å². The summed E-state index contributed by atoms with van der Waals surface area (Å²) >= 11 is 1.16. The van der Waals surface area contributed by atoms with Crippen LogP contribution in [0.1, 0.15) is 20.8 Å². The highest BCUT2D eigenvalue weighted by Crippen LogP contribution is 2.32. The minimum Gasteiger partial charge on any atom is -0.481 e. The number of hydrogen-bond donors (Lipinski definition) is 1. The minimum atomic E-state index is -0.888. The Morgan fingerprint density at radius 1 is 1.45 bits per heavy atom. The summed E-state index contributed by atoms with van der Waals surface area (Å²) in [6.45, 7) is 6.02. The number of carboxylic acid groups (broad SMARTS) is 1. The number of methoxy groups -OCH3 is 1. The monoisotopic (exact) mass is 296 g/mol. The SMILES string of the molecule is COc1ncnc2c1nc(SCC(=O)O)n2C(C)(C)C. The van der Waals surface area contributed by atoms with Crippen LogP contribution in [-0.4, -0.2) is 43.5 Å². The van der Waals surface area contributed by atoms with Crippen LogP contribution in [0.25, 0.3) is 11.2 Å². The van der Waals surface area contributed by atoms with E-state index in [1.165, 1.54) is 13.4 Å². The third-order valence-electron chi connectivity index (χ3n) is 2.57. The number of carboxylic acids is 1. The van der Waals surface area contributed by atoms with Crippen LogP contribution in [0.2, 0.25) is 0 Å². The second-order valence-corrected chi connectivity index (χ2v) is 6.08. The third kappa shape index (κ3) is 2.69. The van der Waals surface area contributed by atoms with Gasteiger partial charge in [0.15, 0.2) is 16.3 Å². The number of ether oxygens (including phenoxy) is 1. The first kappa shape index (κ1) is 14.6. The van der Waals surface area contributed by atoms with Crippen LogP contribution in [0.15, 0.2) is 11.5 Å². The van der Waals surface area contributed by atoms with Crippen molar-refractivity contribution in [2.45, 2.75) is 31.5 Å². The van der Waals surface area contributed by atoms with Gasteiger partial charge in [0.1, 0.15) is 6.33 Å². The highest BCUT2D eigenvalue weighted by molar-refractivity contribution is 7.99. The van der Waals surface area contributed by atoms with E-state index in [4.69, 9.17) is 9.84 Å². The number of rotatable bonds is 4. The Hall–Kier alpha value is -1.83. The summed E-state index contributed by atoms with van der Waals surface area (Å²) in [4.78, 5) is 23.5. The van der Waals surface area contributed by atoms with E-state index in [2.05, 4.69) is 15.0 Å². The van der Waals surface area contributed by atoms with Crippen molar-refractivity contribution in [3.8, 4) is 5.88 Å². The normalized spacial score (nSPS) is 11.8. The van der Waals surface area contributed by atoms with Crippen LogP contribution in [0.3, 0.4) is 0 Å². The molecule has 7 nitrogen and oxygen atoms in total. The largest absolute Gasteiger partial charge is 0.481 e. The Morgan fingerprint density at radius 3 is 2.70 bits per heavy atom. The van der Waals surface area contributed by atoms with E-state index in [0.717, 1.165) is 11.8 Å². The number of fused-ring (bicyclic) bond motifs is 1. The minimum absolute atomic E-state index is 0.0604. The van der Waals surface area contributed by atoms with Gasteiger partial charge in [-0.25, -0.2) is 9.97 Å². The number of aliphatic carboxylic acids is 1. The molecule has 0 amide bonds. The molecule has 2 aromatic heterocycles. The molecule has 2 rings (SSSR count). The van der Waals surface area contributed by atoms with Gasteiger partial charge in [0.2, 0.25) is 5.88 Å². The maximum absolute atomic E-state index is 10.8. The quantitative estimate of drug-likeness (QED) is 0.860. The van der Waals surface area contributed by atoms with Gasteiger partial charge >= 0.3 is 5.97 Å². The van der Waals surface area contributed by atoms with Crippen molar-refractivity contribution >= 4 is 28.9 Å². The van der Waals surface area contributed by atoms with Crippen LogP contribution in [0.5, 0.6) is 5.88 Å². The van der Waals surface area contributed by atoms with Crippen molar-refractivity contribution in [3.05, 3.63) is 6.33 Å². The fourth-order valence-electron chi connectivity index (χ4n) is 1.83. The van der Waals surface area contributed by atoms with Crippen LogP contribution in [0, 0.1) is 0 Å². The Kier molecular flexibility index (Phi) is 3.85. The summed E-state index contributed by atoms with van der Waals surface area (Å²) in [5.41, 5.74) is 0.893. The molecular weight excluding hydrogens is 280 g/mol. The second kappa shape index (κ2) is 5.28. The molecule has 0 bridgehead atoms. The highest BCUT2D eigenvalue weighted by Gasteiger charge is 2.25. The zero-order valence-electron chi connectivity index (χ0n) is 11.7. The number of thioether (sulfide) groups is 1. The van der Waals surface area contributed by atoms with Gasteiger partial charge in [-0.1, -0.05) is 11.8 Å². The van der Waals surface area contributed by atoms with Crippen molar-refractivity contribution in [2.24, 2.45) is 0 Å². The lowest BCUT2D eigenvalue weighted by Gasteiger charge is -2.23. The van der Waals surface area contributed by atoms with Gasteiger partial charge in [-0.2, -0.15) is 4.98 Å². The first-order valence-electron chi connectivity index (χ1n) is 5.97. The second-order valence-electron chi connectivity index (χ2n) is 5.14. The molecule has 0 unspecified atom stereocenters. The van der Waals surface area contributed by atoms with Crippen molar-refractivity contribution in [2.75, 3.05) is 12.9 Å². The van der Waals surface area contributed by atoms with Crippen molar-refractivity contribution in [1.82, 2.24) is 19.5 Å². The van der Waals surface area contributed by atoms with E-state index >= 15 is 0 Å². The lowest BCUT2D eigenvalue weighted by atomic mass is 10.1. The molecule has 0 aliphatic carbocycles. The van der Waals surface area contributed by atoms with E-state index in [1.807, 2.05) is 25.3 Å². The maximum atomic E-state index is 10.8. The van der Waals surface area contributed by atoms with Gasteiger partial charge in [0.25, 0.3) is 0 Å². The molecule has 0 aliphatic heterocycles. The van der Waals surface area contributed by atoms with Crippen molar-refractivity contribution in [3.63, 3.8) is 0 Å². The first-order valence-corrected chi connectivity index (χ1v) is 6.95. The van der Waals surface area contributed by atoms with E-state index in [-0.39, 0.29) is 11.3 Å². The maximum Gasteiger partial charge on any atom is 0.313 e. The Labute approximate surface area is 120 Å². The molecule has 2 heterocycles. The number of carbonyl (C=O) groups is 1. The topological polar surface area (TPSA) is 90.1 Å². The van der Waals surface area contributed by atoms with Gasteiger partial charge in [0, 0.05) is 5.54 Å². The molecule has 0 spiro atoms. The number of hydrogen-bond acceptors (Lipinski definition) is 6. The molecule has 2 aromatic rings. The van der Waals surface area contributed by atoms with Gasteiger partial charge in [-0.3, -0.25) is 9.36 Å². The van der Waals surface area contributed by atoms with Gasteiger partial charge < -0.3 is 9.84 Å². The number of imidazole rings is 1. The molecule has 108 valence electrons. The number of nitrogens with zero attached hydrogens (tertiary/aromatic N) is 4. The summed E-state index contributed by atoms with van der Waals surface area (Å²) in [6.07, 6.45) is 1.41. The molecule has 0 fully saturated rings. The number of aromatic nitrogens is 4. The summed E-state index contributed by atoms with van der Waals surface area (Å²) in [5.74, 6) is -0.564. The van der Waals surface area contributed by atoms with Crippen LogP contribution in [-0.2, 0) is 10.3 Å². The molecule has 0 saturated carbocycles. The molecule has 0 aliphatic rings. The average molecular weight is 296 g/mol. The first-order chi connectivity index (χ1) is 9.34. The summed E-state index contributed by atoms with van der Waals surface area (Å²) in [6, 6.07) is 0. The van der Waals surface area contributed by atoms with Gasteiger partial charge in [-0.15, -0.1) is 0 Å². The van der Waals surface area contributed by atoms with Crippen LogP contribution < -0.4 is 4.74 Å². The third-order valence-corrected chi connectivity index (χ3v) is 3.49. The van der Waals surface area contributed by atoms with Crippen molar-refractivity contribution in [1.29, 1.82) is 0 Å². The van der Waals surface area contributed by atoms with Crippen LogP contribution >= 0.6 is 11.8 Å². The predicted molar refractivity (Wildman–Crippen MR) is 75.2 cm³/mol. The van der Waals surface area contributed by atoms with Gasteiger partial charge in [-0.05, 0) is 20.8 Å². The molecular formula is C12H16N4O3S. The average Bonchev–Trinajstić information content (AvgIpc) is 2.74. The van der Waals surface area contributed by atoms with E-state index in [0.29, 0.717) is 22.2 Å². The van der Waals surface area contributed by atoms with E-state index in [1.54, 1.807) is 0 Å². The Morgan fingerprint density at radius 2 is 2.15 bits per heavy atom.